The lowest BCUT2D eigenvalue weighted by Crippen LogP contribution is -2.33. The normalized spacial score (nSPS) is 14.9. The topological polar surface area (TPSA) is 84.4 Å². The highest BCUT2D eigenvalue weighted by Crippen LogP contribution is 2.30. The molecule has 0 bridgehead atoms. The van der Waals surface area contributed by atoms with Crippen LogP contribution in [0.5, 0.6) is 5.75 Å². The average Bonchev–Trinajstić information content (AvgIpc) is 3.31. The van der Waals surface area contributed by atoms with E-state index in [9.17, 15) is 9.59 Å². The Balaban J connectivity index is 1.31. The summed E-state index contributed by atoms with van der Waals surface area (Å²) in [5.74, 6) is 2.29. The van der Waals surface area contributed by atoms with Crippen LogP contribution in [0.25, 0.3) is 10.9 Å². The molecule has 0 saturated carbocycles. The molecule has 1 N–H and O–H groups in total. The van der Waals surface area contributed by atoms with Crippen LogP contribution < -0.4 is 10.1 Å². The van der Waals surface area contributed by atoms with Crippen LogP contribution in [0.15, 0.2) is 35.4 Å². The lowest BCUT2D eigenvalue weighted by molar-refractivity contribution is -0.122. The summed E-state index contributed by atoms with van der Waals surface area (Å²) >= 11 is 2.85. The first-order valence-corrected chi connectivity index (χ1v) is 13.2. The van der Waals surface area contributed by atoms with Crippen LogP contribution in [0.1, 0.15) is 39.6 Å². The van der Waals surface area contributed by atoms with Crippen LogP contribution in [0.2, 0.25) is 0 Å². The van der Waals surface area contributed by atoms with Crippen LogP contribution in [-0.4, -0.2) is 59.6 Å². The number of aryl methyl sites for hydroxylation is 1. The molecule has 4 rings (SSSR count). The molecule has 0 atom stereocenters. The van der Waals surface area contributed by atoms with Gasteiger partial charge in [-0.2, -0.15) is 0 Å². The number of aromatic nitrogens is 2. The van der Waals surface area contributed by atoms with E-state index in [1.54, 1.807) is 7.11 Å². The van der Waals surface area contributed by atoms with E-state index in [1.165, 1.54) is 23.1 Å². The van der Waals surface area contributed by atoms with Gasteiger partial charge in [0.05, 0.1) is 29.8 Å². The summed E-state index contributed by atoms with van der Waals surface area (Å²) in [6.45, 7) is 4.43. The summed E-state index contributed by atoms with van der Waals surface area (Å²) in [6, 6.07) is 9.44. The van der Waals surface area contributed by atoms with Crippen molar-refractivity contribution in [2.24, 2.45) is 5.92 Å². The van der Waals surface area contributed by atoms with E-state index < -0.39 is 0 Å². The summed E-state index contributed by atoms with van der Waals surface area (Å²) < 4.78 is 5.33. The van der Waals surface area contributed by atoms with Gasteiger partial charge in [-0.3, -0.25) is 9.59 Å². The number of piperidine rings is 1. The van der Waals surface area contributed by atoms with Gasteiger partial charge in [-0.15, -0.1) is 11.3 Å². The number of Topliss-reactive ketones (excluding diaryl/α,β-unsaturated/α-hetero) is 1. The van der Waals surface area contributed by atoms with E-state index in [2.05, 4.69) is 27.2 Å². The molecule has 1 aliphatic rings. The second-order valence-corrected chi connectivity index (χ2v) is 10.8. The van der Waals surface area contributed by atoms with Gasteiger partial charge >= 0.3 is 0 Å². The fraction of sp³-hybridized carbons (Fsp3) is 0.440. The molecule has 7 nitrogen and oxygen atoms in total. The molecule has 1 aliphatic heterocycles. The first-order chi connectivity index (χ1) is 16.4. The van der Waals surface area contributed by atoms with E-state index in [0.29, 0.717) is 29.6 Å². The number of ketones is 1. The van der Waals surface area contributed by atoms with Crippen molar-refractivity contribution in [2.75, 3.05) is 33.0 Å². The fourth-order valence-electron chi connectivity index (χ4n) is 4.04. The maximum absolute atomic E-state index is 12.8. The minimum atomic E-state index is 0.0474. The van der Waals surface area contributed by atoms with Crippen molar-refractivity contribution in [1.82, 2.24) is 20.2 Å². The van der Waals surface area contributed by atoms with E-state index in [4.69, 9.17) is 4.74 Å². The number of ether oxygens (including phenoxy) is 1. The molecule has 34 heavy (non-hydrogen) atoms. The third-order valence-corrected chi connectivity index (χ3v) is 8.15. The maximum atomic E-state index is 12.8. The third-order valence-electron chi connectivity index (χ3n) is 6.03. The zero-order valence-electron chi connectivity index (χ0n) is 19.8. The number of carbonyl (C=O) groups is 2. The number of nitrogens with one attached hydrogen (secondary N) is 1. The van der Waals surface area contributed by atoms with Crippen molar-refractivity contribution in [3.05, 3.63) is 45.9 Å². The molecule has 1 amide bonds. The molecule has 1 aromatic carbocycles. The zero-order valence-corrected chi connectivity index (χ0v) is 21.4. The number of thiophene rings is 1. The van der Waals surface area contributed by atoms with Crippen LogP contribution in [0.4, 0.5) is 0 Å². The number of methoxy groups -OCH3 is 1. The van der Waals surface area contributed by atoms with Crippen LogP contribution in [-0.2, 0) is 11.3 Å². The molecule has 3 heterocycles. The second kappa shape index (κ2) is 11.3. The van der Waals surface area contributed by atoms with Crippen LogP contribution >= 0.6 is 23.1 Å². The third kappa shape index (κ3) is 6.34. The largest absolute Gasteiger partial charge is 0.497 e. The summed E-state index contributed by atoms with van der Waals surface area (Å²) in [5.41, 5.74) is 0.831. The molecule has 0 unspecified atom stereocenters. The molecule has 0 radical (unpaired) electrons. The van der Waals surface area contributed by atoms with E-state index in [1.807, 2.05) is 37.3 Å². The number of fused-ring (bicyclic) bond motifs is 1. The second-order valence-electron chi connectivity index (χ2n) is 8.66. The molecule has 2 aromatic heterocycles. The monoisotopic (exact) mass is 498 g/mol. The Labute approximate surface area is 208 Å². The molecular formula is C25H30N4O3S2. The Hall–Kier alpha value is -2.49. The quantitative estimate of drug-likeness (QED) is 0.267. The summed E-state index contributed by atoms with van der Waals surface area (Å²) in [4.78, 5) is 38.2. The molecular weight excluding hydrogens is 468 g/mol. The number of thioether (sulfide) groups is 1. The smallest absolute Gasteiger partial charge is 0.220 e. The number of carbonyl (C=O) groups excluding carboxylic acids is 2. The van der Waals surface area contributed by atoms with Gasteiger partial charge in [0.15, 0.2) is 5.78 Å². The maximum Gasteiger partial charge on any atom is 0.220 e. The van der Waals surface area contributed by atoms with Crippen LogP contribution in [0, 0.1) is 12.8 Å². The van der Waals surface area contributed by atoms with Crippen molar-refractivity contribution in [3.63, 3.8) is 0 Å². The average molecular weight is 499 g/mol. The molecule has 0 spiro atoms. The fourth-order valence-corrected chi connectivity index (χ4v) is 5.96. The Morgan fingerprint density at radius 2 is 2.00 bits per heavy atom. The summed E-state index contributed by atoms with van der Waals surface area (Å²) in [6.07, 6.45) is 2.74. The predicted molar refractivity (Wildman–Crippen MR) is 137 cm³/mol. The minimum Gasteiger partial charge on any atom is -0.497 e. The van der Waals surface area contributed by atoms with Gasteiger partial charge in [-0.05, 0) is 76.2 Å². The van der Waals surface area contributed by atoms with Gasteiger partial charge in [0.25, 0.3) is 0 Å². The van der Waals surface area contributed by atoms with E-state index >= 15 is 0 Å². The lowest BCUT2D eigenvalue weighted by Gasteiger charge is -2.28. The molecule has 3 aromatic rings. The molecule has 1 fully saturated rings. The lowest BCUT2D eigenvalue weighted by atomic mass is 9.93. The van der Waals surface area contributed by atoms with E-state index in [0.717, 1.165) is 52.5 Å². The summed E-state index contributed by atoms with van der Waals surface area (Å²) in [7, 11) is 3.75. The molecule has 9 heteroatoms. The highest BCUT2D eigenvalue weighted by molar-refractivity contribution is 8.00. The molecule has 0 aliphatic carbocycles. The Morgan fingerprint density at radius 3 is 2.76 bits per heavy atom. The number of hydrogen-bond donors (Lipinski definition) is 1. The highest BCUT2D eigenvalue weighted by Gasteiger charge is 2.20. The molecule has 180 valence electrons. The first kappa shape index (κ1) is 24.6. The van der Waals surface area contributed by atoms with Crippen molar-refractivity contribution in [1.29, 1.82) is 0 Å². The van der Waals surface area contributed by atoms with Crippen molar-refractivity contribution < 1.29 is 14.3 Å². The Morgan fingerprint density at radius 1 is 1.21 bits per heavy atom. The standard InChI is InChI=1S/C25H30N4O3S2/c1-16-27-21-6-4-18(32-3)13-20(21)25(28-16)33-15-22(30)23-7-5-19(34-23)14-26-24(31)12-17-8-10-29(2)11-9-17/h4-7,13,17H,8-12,14-15H2,1-3H3,(H,26,31). The Bertz CT molecular complexity index is 1170. The van der Waals surface area contributed by atoms with Gasteiger partial charge in [-0.1, -0.05) is 11.8 Å². The van der Waals surface area contributed by atoms with Gasteiger partial charge in [0.2, 0.25) is 5.91 Å². The van der Waals surface area contributed by atoms with E-state index in [-0.39, 0.29) is 17.4 Å². The number of amides is 1. The highest BCUT2D eigenvalue weighted by atomic mass is 32.2. The number of nitrogens with zero attached hydrogens (tertiary/aromatic N) is 3. The van der Waals surface area contributed by atoms with Crippen LogP contribution in [0.3, 0.4) is 0 Å². The SMILES string of the molecule is COc1ccc2nc(C)nc(SCC(=O)c3ccc(CNC(=O)CC4CCN(C)CC4)s3)c2c1. The molecule has 1 saturated heterocycles. The number of benzene rings is 1. The number of likely N-dealkylation sites (tertiary alicyclic amines) is 1. The van der Waals surface area contributed by atoms with Gasteiger partial charge < -0.3 is 15.0 Å². The number of hydrogen-bond acceptors (Lipinski definition) is 8. The van der Waals surface area contributed by atoms with Crippen molar-refractivity contribution >= 4 is 45.7 Å². The van der Waals surface area contributed by atoms with Crippen molar-refractivity contribution in [2.45, 2.75) is 37.8 Å². The Kier molecular flexibility index (Phi) is 8.18. The predicted octanol–water partition coefficient (Wildman–Crippen LogP) is 4.33. The van der Waals surface area contributed by atoms with Gasteiger partial charge in [0, 0.05) is 16.7 Å². The minimum absolute atomic E-state index is 0.0474. The summed E-state index contributed by atoms with van der Waals surface area (Å²) in [5, 5.41) is 4.67. The van der Waals surface area contributed by atoms with Crippen molar-refractivity contribution in [3.8, 4) is 5.75 Å². The first-order valence-electron chi connectivity index (χ1n) is 11.4. The zero-order chi connectivity index (χ0) is 24.1. The van der Waals surface area contributed by atoms with Gasteiger partial charge in [-0.25, -0.2) is 9.97 Å². The number of rotatable bonds is 9. The van der Waals surface area contributed by atoms with Gasteiger partial charge in [0.1, 0.15) is 16.6 Å².